The lowest BCUT2D eigenvalue weighted by Crippen LogP contribution is -2.40. The normalized spacial score (nSPS) is 23.9. The number of sulfone groups is 1. The molecule has 0 aromatic heterocycles. The third-order valence-electron chi connectivity index (χ3n) is 3.10. The first-order chi connectivity index (χ1) is 7.87. The molecule has 0 saturated carbocycles. The second-order valence-corrected chi connectivity index (χ2v) is 7.82. The predicted molar refractivity (Wildman–Crippen MR) is 72.0 cm³/mol. The lowest BCUT2D eigenvalue weighted by Gasteiger charge is -2.25. The Balaban J connectivity index is 2.43. The highest BCUT2D eigenvalue weighted by molar-refractivity contribution is 7.90. The van der Waals surface area contributed by atoms with Gasteiger partial charge in [-0.05, 0) is 31.8 Å². The minimum atomic E-state index is -2.84. The van der Waals surface area contributed by atoms with Crippen LogP contribution < -0.4 is 5.32 Å². The van der Waals surface area contributed by atoms with E-state index in [1.807, 2.05) is 0 Å². The molecule has 1 fully saturated rings. The maximum atomic E-state index is 11.2. The fourth-order valence-electron chi connectivity index (χ4n) is 2.30. The number of nitrogens with one attached hydrogen (secondary N) is 1. The minimum Gasteiger partial charge on any atom is -0.313 e. The molecule has 0 amide bonds. The molecule has 1 aliphatic heterocycles. The first-order valence-corrected chi connectivity index (χ1v) is 8.56. The van der Waals surface area contributed by atoms with Crippen molar-refractivity contribution in [3.63, 3.8) is 0 Å². The van der Waals surface area contributed by atoms with Crippen LogP contribution in [-0.2, 0) is 9.84 Å². The molecule has 17 heavy (non-hydrogen) atoms. The molecule has 0 bridgehead atoms. The topological polar surface area (TPSA) is 49.4 Å². The molecule has 4 nitrogen and oxygen atoms in total. The number of rotatable bonds is 5. The van der Waals surface area contributed by atoms with E-state index in [1.165, 1.54) is 6.26 Å². The van der Waals surface area contributed by atoms with Gasteiger partial charge in [-0.3, -0.25) is 0 Å². The summed E-state index contributed by atoms with van der Waals surface area (Å²) in [5, 5.41) is 3.55. The second-order valence-electron chi connectivity index (χ2n) is 5.56. The van der Waals surface area contributed by atoms with E-state index in [0.29, 0.717) is 18.5 Å². The van der Waals surface area contributed by atoms with Gasteiger partial charge in [-0.25, -0.2) is 8.42 Å². The van der Waals surface area contributed by atoms with Crippen molar-refractivity contribution in [3.8, 4) is 0 Å². The van der Waals surface area contributed by atoms with Gasteiger partial charge in [0.1, 0.15) is 9.84 Å². The van der Waals surface area contributed by atoms with Gasteiger partial charge in [-0.2, -0.15) is 0 Å². The Bertz CT molecular complexity index is 314. The molecule has 0 aliphatic carbocycles. The number of hydrogen-bond donors (Lipinski definition) is 1. The minimum absolute atomic E-state index is 0.279. The fourth-order valence-corrected chi connectivity index (χ4v) is 2.89. The van der Waals surface area contributed by atoms with Crippen molar-refractivity contribution in [3.05, 3.63) is 0 Å². The van der Waals surface area contributed by atoms with E-state index in [2.05, 4.69) is 24.1 Å². The van der Waals surface area contributed by atoms with Gasteiger partial charge in [0, 0.05) is 25.4 Å². The van der Waals surface area contributed by atoms with Crippen LogP contribution in [0.5, 0.6) is 0 Å². The van der Waals surface area contributed by atoms with Gasteiger partial charge in [-0.1, -0.05) is 13.8 Å². The van der Waals surface area contributed by atoms with Crippen molar-refractivity contribution in [2.24, 2.45) is 5.92 Å². The van der Waals surface area contributed by atoms with Crippen molar-refractivity contribution >= 4 is 9.84 Å². The van der Waals surface area contributed by atoms with E-state index in [-0.39, 0.29) is 5.75 Å². The Hall–Kier alpha value is -0.130. The summed E-state index contributed by atoms with van der Waals surface area (Å²) in [5.41, 5.74) is 0. The smallest absolute Gasteiger partial charge is 0.148 e. The van der Waals surface area contributed by atoms with Crippen molar-refractivity contribution in [1.82, 2.24) is 10.2 Å². The summed E-state index contributed by atoms with van der Waals surface area (Å²) in [6, 6.07) is 0.511. The maximum absolute atomic E-state index is 11.2. The van der Waals surface area contributed by atoms with Crippen LogP contribution in [0.3, 0.4) is 0 Å². The average Bonchev–Trinajstić information content (AvgIpc) is 2.38. The van der Waals surface area contributed by atoms with Crippen LogP contribution in [0.15, 0.2) is 0 Å². The van der Waals surface area contributed by atoms with E-state index in [1.54, 1.807) is 0 Å². The summed E-state index contributed by atoms with van der Waals surface area (Å²) >= 11 is 0. The van der Waals surface area contributed by atoms with E-state index >= 15 is 0 Å². The van der Waals surface area contributed by atoms with Crippen LogP contribution in [0, 0.1) is 5.92 Å². The van der Waals surface area contributed by atoms with Crippen LogP contribution in [0.1, 0.15) is 26.7 Å². The lowest BCUT2D eigenvalue weighted by atomic mass is 10.0. The molecular formula is C12H26N2O2S. The molecule has 1 N–H and O–H groups in total. The van der Waals surface area contributed by atoms with Crippen LogP contribution in [0.4, 0.5) is 0 Å². The first kappa shape index (κ1) is 14.9. The van der Waals surface area contributed by atoms with Crippen molar-refractivity contribution in [2.75, 3.05) is 38.2 Å². The monoisotopic (exact) mass is 262 g/mol. The summed E-state index contributed by atoms with van der Waals surface area (Å²) in [7, 11) is -2.84. The zero-order chi connectivity index (χ0) is 12.9. The van der Waals surface area contributed by atoms with Gasteiger partial charge in [0.25, 0.3) is 0 Å². The Morgan fingerprint density at radius 2 is 2.12 bits per heavy atom. The number of nitrogens with zero attached hydrogens (tertiary/aromatic N) is 1. The maximum Gasteiger partial charge on any atom is 0.148 e. The average molecular weight is 262 g/mol. The highest BCUT2D eigenvalue weighted by atomic mass is 32.2. The standard InChI is InChI=1S/C12H26N2O2S/c1-11(2)9-12-10-14(6-4-5-13-12)7-8-17(3,15)16/h11-13H,4-10H2,1-3H3. The van der Waals surface area contributed by atoms with Gasteiger partial charge >= 0.3 is 0 Å². The second kappa shape index (κ2) is 6.71. The van der Waals surface area contributed by atoms with E-state index < -0.39 is 9.84 Å². The highest BCUT2D eigenvalue weighted by Gasteiger charge is 2.19. The molecule has 0 radical (unpaired) electrons. The molecule has 1 atom stereocenters. The van der Waals surface area contributed by atoms with Crippen molar-refractivity contribution in [1.29, 1.82) is 0 Å². The van der Waals surface area contributed by atoms with E-state index in [9.17, 15) is 8.42 Å². The zero-order valence-corrected chi connectivity index (χ0v) is 12.1. The van der Waals surface area contributed by atoms with Crippen molar-refractivity contribution < 1.29 is 8.42 Å². The van der Waals surface area contributed by atoms with Gasteiger partial charge in [0.2, 0.25) is 0 Å². The van der Waals surface area contributed by atoms with Gasteiger partial charge in [-0.15, -0.1) is 0 Å². The molecule has 1 aliphatic rings. The SMILES string of the molecule is CC(C)CC1CN(CCS(C)(=O)=O)CCCN1. The largest absolute Gasteiger partial charge is 0.313 e. The van der Waals surface area contributed by atoms with Gasteiger partial charge < -0.3 is 10.2 Å². The molecule has 5 heteroatoms. The molecule has 0 aromatic carbocycles. The summed E-state index contributed by atoms with van der Waals surface area (Å²) in [6.07, 6.45) is 3.59. The van der Waals surface area contributed by atoms with E-state index in [4.69, 9.17) is 0 Å². The van der Waals surface area contributed by atoms with Gasteiger partial charge in [0.05, 0.1) is 5.75 Å². The third kappa shape index (κ3) is 7.01. The molecule has 1 saturated heterocycles. The summed E-state index contributed by atoms with van der Waals surface area (Å²) in [6.45, 7) is 8.17. The van der Waals surface area contributed by atoms with Crippen molar-refractivity contribution in [2.45, 2.75) is 32.7 Å². The summed E-state index contributed by atoms with van der Waals surface area (Å²) in [5.74, 6) is 0.962. The predicted octanol–water partition coefficient (Wildman–Crippen LogP) is 0.741. The number of hydrogen-bond acceptors (Lipinski definition) is 4. The summed E-state index contributed by atoms with van der Waals surface area (Å²) in [4.78, 5) is 2.29. The van der Waals surface area contributed by atoms with Gasteiger partial charge in [0.15, 0.2) is 0 Å². The fraction of sp³-hybridized carbons (Fsp3) is 1.00. The third-order valence-corrected chi connectivity index (χ3v) is 4.02. The molecule has 0 aromatic rings. The molecular weight excluding hydrogens is 236 g/mol. The van der Waals surface area contributed by atoms with Crippen LogP contribution >= 0.6 is 0 Å². The Morgan fingerprint density at radius 3 is 2.71 bits per heavy atom. The van der Waals surface area contributed by atoms with Crippen LogP contribution in [0.25, 0.3) is 0 Å². The van der Waals surface area contributed by atoms with E-state index in [0.717, 1.165) is 32.5 Å². The Morgan fingerprint density at radius 1 is 1.41 bits per heavy atom. The quantitative estimate of drug-likeness (QED) is 0.794. The molecule has 1 heterocycles. The van der Waals surface area contributed by atoms with Crippen LogP contribution in [0.2, 0.25) is 0 Å². The highest BCUT2D eigenvalue weighted by Crippen LogP contribution is 2.09. The summed E-state index contributed by atoms with van der Waals surface area (Å²) < 4.78 is 22.4. The molecule has 1 unspecified atom stereocenters. The lowest BCUT2D eigenvalue weighted by molar-refractivity contribution is 0.268. The Kier molecular flexibility index (Phi) is 5.89. The van der Waals surface area contributed by atoms with Crippen LogP contribution in [-0.4, -0.2) is 57.5 Å². The zero-order valence-electron chi connectivity index (χ0n) is 11.3. The Labute approximate surface area is 106 Å². The molecule has 102 valence electrons. The molecule has 1 rings (SSSR count). The molecule has 0 spiro atoms. The first-order valence-electron chi connectivity index (χ1n) is 6.50.